The van der Waals surface area contributed by atoms with Crippen molar-refractivity contribution in [2.24, 2.45) is 5.73 Å². The van der Waals surface area contributed by atoms with Crippen molar-refractivity contribution in [3.63, 3.8) is 0 Å². The van der Waals surface area contributed by atoms with Crippen molar-refractivity contribution in [1.29, 1.82) is 0 Å². The summed E-state index contributed by atoms with van der Waals surface area (Å²) in [4.78, 5) is 13.7. The molecule has 0 radical (unpaired) electrons. The number of likely N-dealkylation sites (tertiary alicyclic amines) is 1. The van der Waals surface area contributed by atoms with E-state index in [0.29, 0.717) is 13.0 Å². The van der Waals surface area contributed by atoms with Crippen LogP contribution in [0.25, 0.3) is 0 Å². The van der Waals surface area contributed by atoms with Crippen LogP contribution in [0.15, 0.2) is 30.3 Å². The lowest BCUT2D eigenvalue weighted by Crippen LogP contribution is -2.50. The SMILES string of the molecule is COC(=O)[C@]1(N)CCN(Cc2ccccc2)C1.Cl.Cl. The average Bonchev–Trinajstić information content (AvgIpc) is 2.72. The lowest BCUT2D eigenvalue weighted by atomic mass is 10.0. The fraction of sp³-hybridized carbons (Fsp3) is 0.462. The number of esters is 1. The highest BCUT2D eigenvalue weighted by atomic mass is 35.5. The van der Waals surface area contributed by atoms with Gasteiger partial charge in [-0.1, -0.05) is 30.3 Å². The van der Waals surface area contributed by atoms with Crippen molar-refractivity contribution in [1.82, 2.24) is 4.90 Å². The summed E-state index contributed by atoms with van der Waals surface area (Å²) in [5.41, 5.74) is 6.45. The van der Waals surface area contributed by atoms with Gasteiger partial charge in [-0.15, -0.1) is 24.8 Å². The number of nitrogens with zero attached hydrogens (tertiary/aromatic N) is 1. The molecule has 1 aromatic rings. The average molecular weight is 307 g/mol. The molecule has 1 saturated heterocycles. The third-order valence-corrected chi connectivity index (χ3v) is 3.22. The number of hydrogen-bond acceptors (Lipinski definition) is 4. The van der Waals surface area contributed by atoms with Gasteiger partial charge in [0, 0.05) is 19.6 Å². The molecule has 0 spiro atoms. The Morgan fingerprint density at radius 2 is 2.00 bits per heavy atom. The predicted octanol–water partition coefficient (Wildman–Crippen LogP) is 1.61. The summed E-state index contributed by atoms with van der Waals surface area (Å²) in [6.45, 7) is 2.23. The summed E-state index contributed by atoms with van der Waals surface area (Å²) in [7, 11) is 1.39. The Balaban J connectivity index is 0.00000162. The minimum Gasteiger partial charge on any atom is -0.468 e. The van der Waals surface area contributed by atoms with Gasteiger partial charge in [-0.25, -0.2) is 0 Å². The number of methoxy groups -OCH3 is 1. The second-order valence-corrected chi connectivity index (χ2v) is 4.59. The maximum absolute atomic E-state index is 11.6. The van der Waals surface area contributed by atoms with E-state index in [2.05, 4.69) is 17.0 Å². The van der Waals surface area contributed by atoms with Crippen LogP contribution in [0.5, 0.6) is 0 Å². The summed E-state index contributed by atoms with van der Waals surface area (Å²) in [5.74, 6) is -0.312. The minimum absolute atomic E-state index is 0. The maximum atomic E-state index is 11.6. The van der Waals surface area contributed by atoms with Crippen LogP contribution in [0.4, 0.5) is 0 Å². The Hall–Kier alpha value is -0.810. The molecule has 1 heterocycles. The number of carbonyl (C=O) groups excluding carboxylic acids is 1. The smallest absolute Gasteiger partial charge is 0.327 e. The molecule has 0 amide bonds. The zero-order valence-corrected chi connectivity index (χ0v) is 12.5. The molecule has 0 saturated carbocycles. The first-order valence-electron chi connectivity index (χ1n) is 5.78. The van der Waals surface area contributed by atoms with Gasteiger partial charge in [0.05, 0.1) is 7.11 Å². The first-order valence-corrected chi connectivity index (χ1v) is 5.78. The van der Waals surface area contributed by atoms with Gasteiger partial charge in [0.1, 0.15) is 5.54 Å². The van der Waals surface area contributed by atoms with Crippen molar-refractivity contribution in [2.75, 3.05) is 20.2 Å². The second kappa shape index (κ2) is 7.70. The van der Waals surface area contributed by atoms with Gasteiger partial charge in [-0.3, -0.25) is 9.69 Å². The summed E-state index contributed by atoms with van der Waals surface area (Å²) in [6.07, 6.45) is 0.659. The van der Waals surface area contributed by atoms with Gasteiger partial charge < -0.3 is 10.5 Å². The number of rotatable bonds is 3. The molecule has 1 atom stereocenters. The number of nitrogens with two attached hydrogens (primary N) is 1. The van der Waals surface area contributed by atoms with Crippen LogP contribution < -0.4 is 5.73 Å². The van der Waals surface area contributed by atoms with Crippen molar-refractivity contribution in [3.05, 3.63) is 35.9 Å². The molecule has 108 valence electrons. The lowest BCUT2D eigenvalue weighted by molar-refractivity contribution is -0.146. The van der Waals surface area contributed by atoms with Crippen LogP contribution in [0.3, 0.4) is 0 Å². The molecule has 1 aliphatic heterocycles. The Morgan fingerprint density at radius 1 is 1.37 bits per heavy atom. The number of carbonyl (C=O) groups is 1. The molecule has 0 aliphatic carbocycles. The lowest BCUT2D eigenvalue weighted by Gasteiger charge is -2.21. The maximum Gasteiger partial charge on any atom is 0.327 e. The fourth-order valence-corrected chi connectivity index (χ4v) is 2.26. The first kappa shape index (κ1) is 18.2. The van der Waals surface area contributed by atoms with Gasteiger partial charge in [-0.2, -0.15) is 0 Å². The highest BCUT2D eigenvalue weighted by molar-refractivity contribution is 5.85. The van der Waals surface area contributed by atoms with Crippen LogP contribution in [0.1, 0.15) is 12.0 Å². The van der Waals surface area contributed by atoms with E-state index in [0.717, 1.165) is 13.1 Å². The summed E-state index contributed by atoms with van der Waals surface area (Å²) in [5, 5.41) is 0. The number of hydrogen-bond donors (Lipinski definition) is 1. The molecule has 0 bridgehead atoms. The zero-order chi connectivity index (χ0) is 12.3. The Bertz CT molecular complexity index is 403. The van der Waals surface area contributed by atoms with E-state index in [-0.39, 0.29) is 30.8 Å². The molecule has 2 N–H and O–H groups in total. The number of halogens is 2. The van der Waals surface area contributed by atoms with E-state index in [9.17, 15) is 4.79 Å². The molecular weight excluding hydrogens is 287 g/mol. The Kier molecular flexibility index (Phi) is 7.37. The molecule has 1 aromatic carbocycles. The van der Waals surface area contributed by atoms with Crippen molar-refractivity contribution < 1.29 is 9.53 Å². The highest BCUT2D eigenvalue weighted by Crippen LogP contribution is 2.21. The van der Waals surface area contributed by atoms with E-state index in [1.165, 1.54) is 12.7 Å². The molecule has 4 nitrogen and oxygen atoms in total. The van der Waals surface area contributed by atoms with Crippen LogP contribution >= 0.6 is 24.8 Å². The number of benzene rings is 1. The third-order valence-electron chi connectivity index (χ3n) is 3.22. The Morgan fingerprint density at radius 3 is 2.58 bits per heavy atom. The molecule has 19 heavy (non-hydrogen) atoms. The minimum atomic E-state index is -0.830. The highest BCUT2D eigenvalue weighted by Gasteiger charge is 2.41. The van der Waals surface area contributed by atoms with Gasteiger partial charge in [0.2, 0.25) is 0 Å². The molecule has 1 aliphatic rings. The monoisotopic (exact) mass is 306 g/mol. The molecule has 1 fully saturated rings. The van der Waals surface area contributed by atoms with Gasteiger partial charge in [0.25, 0.3) is 0 Å². The fourth-order valence-electron chi connectivity index (χ4n) is 2.26. The van der Waals surface area contributed by atoms with E-state index in [1.54, 1.807) is 0 Å². The number of ether oxygens (including phenoxy) is 1. The normalized spacial score (nSPS) is 22.2. The van der Waals surface area contributed by atoms with Crippen LogP contribution in [0.2, 0.25) is 0 Å². The molecule has 2 rings (SSSR count). The summed E-state index contributed by atoms with van der Waals surface area (Å²) in [6, 6.07) is 10.2. The summed E-state index contributed by atoms with van der Waals surface area (Å²) < 4.78 is 4.75. The zero-order valence-electron chi connectivity index (χ0n) is 10.9. The van der Waals surface area contributed by atoms with Gasteiger partial charge in [-0.05, 0) is 12.0 Å². The van der Waals surface area contributed by atoms with E-state index in [1.807, 2.05) is 18.2 Å². The molecule has 0 aromatic heterocycles. The van der Waals surface area contributed by atoms with E-state index < -0.39 is 5.54 Å². The van der Waals surface area contributed by atoms with Crippen molar-refractivity contribution in [3.8, 4) is 0 Å². The van der Waals surface area contributed by atoms with Crippen LogP contribution in [-0.4, -0.2) is 36.6 Å². The van der Waals surface area contributed by atoms with Crippen molar-refractivity contribution >= 4 is 30.8 Å². The molecule has 6 heteroatoms. The molecular formula is C13H20Cl2N2O2. The van der Waals surface area contributed by atoms with Crippen LogP contribution in [0, 0.1) is 0 Å². The van der Waals surface area contributed by atoms with Gasteiger partial charge in [0.15, 0.2) is 0 Å². The topological polar surface area (TPSA) is 55.6 Å². The first-order chi connectivity index (χ1) is 8.14. The van der Waals surface area contributed by atoms with E-state index >= 15 is 0 Å². The standard InChI is InChI=1S/C13H18N2O2.2ClH/c1-17-12(16)13(14)7-8-15(10-13)9-11-5-3-2-4-6-11;;/h2-6H,7-10,14H2,1H3;2*1H/t13-;;/m0../s1. The molecule has 0 unspecified atom stereocenters. The predicted molar refractivity (Wildman–Crippen MR) is 79.8 cm³/mol. The second-order valence-electron chi connectivity index (χ2n) is 4.59. The van der Waals surface area contributed by atoms with E-state index in [4.69, 9.17) is 10.5 Å². The van der Waals surface area contributed by atoms with Gasteiger partial charge >= 0.3 is 5.97 Å². The Labute approximate surface area is 126 Å². The summed E-state index contributed by atoms with van der Waals surface area (Å²) >= 11 is 0. The quantitative estimate of drug-likeness (QED) is 0.862. The van der Waals surface area contributed by atoms with Crippen molar-refractivity contribution in [2.45, 2.75) is 18.5 Å². The third kappa shape index (κ3) is 4.35. The van der Waals surface area contributed by atoms with Crippen LogP contribution in [-0.2, 0) is 16.1 Å². The largest absolute Gasteiger partial charge is 0.468 e.